The van der Waals surface area contributed by atoms with Crippen LogP contribution in [-0.2, 0) is 10.0 Å². The second-order valence-electron chi connectivity index (χ2n) is 4.03. The van der Waals surface area contributed by atoms with Crippen molar-refractivity contribution in [1.29, 1.82) is 0 Å². The highest BCUT2D eigenvalue weighted by molar-refractivity contribution is 7.89. The molecule has 0 fully saturated rings. The number of phenols is 2. The first-order valence-corrected chi connectivity index (χ1v) is 7.06. The van der Waals surface area contributed by atoms with E-state index in [0.29, 0.717) is 0 Å². The Labute approximate surface area is 111 Å². The minimum absolute atomic E-state index is 0.0888. The quantitative estimate of drug-likeness (QED) is 0.646. The van der Waals surface area contributed by atoms with E-state index in [4.69, 9.17) is 0 Å². The lowest BCUT2D eigenvalue weighted by molar-refractivity contribution is 0.0952. The molecule has 0 radical (unpaired) electrons. The van der Waals surface area contributed by atoms with Gasteiger partial charge in [-0.1, -0.05) is 6.07 Å². The Morgan fingerprint density at radius 3 is 2.53 bits per heavy atom. The molecule has 0 bridgehead atoms. The van der Waals surface area contributed by atoms with Crippen molar-refractivity contribution >= 4 is 15.9 Å². The monoisotopic (exact) mass is 288 g/mol. The molecule has 8 heteroatoms. The summed E-state index contributed by atoms with van der Waals surface area (Å²) in [5.41, 5.74) is -0.109. The molecule has 0 spiro atoms. The number of carbonyl (C=O) groups excluding carboxylic acids is 1. The standard InChI is InChI=1S/C11H16N2O5S/c1-13(2)19(17,18)7-6-12-11(16)8-4-3-5-9(14)10(8)15/h3-5,14-15H,6-7H2,1-2H3,(H,12,16). The first kappa shape index (κ1) is 15.3. The Balaban J connectivity index is 2.65. The molecule has 106 valence electrons. The largest absolute Gasteiger partial charge is 0.504 e. The number of nitrogens with zero attached hydrogens (tertiary/aromatic N) is 1. The number of hydrogen-bond acceptors (Lipinski definition) is 5. The zero-order valence-electron chi connectivity index (χ0n) is 10.6. The molecule has 1 rings (SSSR count). The van der Waals surface area contributed by atoms with Gasteiger partial charge in [0.05, 0.1) is 11.3 Å². The summed E-state index contributed by atoms with van der Waals surface area (Å²) in [7, 11) is -0.586. The topological polar surface area (TPSA) is 107 Å². The van der Waals surface area contributed by atoms with Gasteiger partial charge in [0.25, 0.3) is 5.91 Å². The predicted molar refractivity (Wildman–Crippen MR) is 69.6 cm³/mol. The summed E-state index contributed by atoms with van der Waals surface area (Å²) < 4.78 is 24.0. The van der Waals surface area contributed by atoms with E-state index in [1.165, 1.54) is 32.3 Å². The van der Waals surface area contributed by atoms with Crippen molar-refractivity contribution in [3.05, 3.63) is 23.8 Å². The number of amides is 1. The fourth-order valence-corrected chi connectivity index (χ4v) is 2.01. The van der Waals surface area contributed by atoms with E-state index < -0.39 is 27.4 Å². The van der Waals surface area contributed by atoms with Gasteiger partial charge in [0.1, 0.15) is 0 Å². The fourth-order valence-electron chi connectivity index (χ4n) is 1.29. The Kier molecular flexibility index (Phi) is 4.73. The summed E-state index contributed by atoms with van der Waals surface area (Å²) in [6.07, 6.45) is 0. The molecule has 0 aliphatic rings. The molecule has 0 heterocycles. The fraction of sp³-hybridized carbons (Fsp3) is 0.364. The van der Waals surface area contributed by atoms with Crippen LogP contribution < -0.4 is 5.32 Å². The van der Waals surface area contributed by atoms with Crippen LogP contribution in [0.5, 0.6) is 11.5 Å². The minimum atomic E-state index is -3.39. The average molecular weight is 288 g/mol. The number of sulfonamides is 1. The zero-order chi connectivity index (χ0) is 14.6. The second kappa shape index (κ2) is 5.89. The van der Waals surface area contributed by atoms with E-state index in [-0.39, 0.29) is 17.9 Å². The molecule has 0 aliphatic heterocycles. The van der Waals surface area contributed by atoms with Crippen molar-refractivity contribution in [2.75, 3.05) is 26.4 Å². The van der Waals surface area contributed by atoms with Gasteiger partial charge < -0.3 is 15.5 Å². The zero-order valence-corrected chi connectivity index (χ0v) is 11.4. The molecule has 0 unspecified atom stereocenters. The minimum Gasteiger partial charge on any atom is -0.504 e. The summed E-state index contributed by atoms with van der Waals surface area (Å²) in [4.78, 5) is 11.7. The van der Waals surface area contributed by atoms with E-state index in [2.05, 4.69) is 5.32 Å². The maximum atomic E-state index is 11.7. The summed E-state index contributed by atoms with van der Waals surface area (Å²) in [6.45, 7) is -0.0888. The number of hydrogen-bond donors (Lipinski definition) is 3. The SMILES string of the molecule is CN(C)S(=O)(=O)CCNC(=O)c1cccc(O)c1O. The van der Waals surface area contributed by atoms with Gasteiger partial charge in [-0.05, 0) is 12.1 Å². The first-order valence-electron chi connectivity index (χ1n) is 5.45. The molecule has 1 aromatic carbocycles. The van der Waals surface area contributed by atoms with Crippen molar-refractivity contribution < 1.29 is 23.4 Å². The highest BCUT2D eigenvalue weighted by Gasteiger charge is 2.16. The molecular formula is C11H16N2O5S. The van der Waals surface area contributed by atoms with E-state index in [9.17, 15) is 23.4 Å². The van der Waals surface area contributed by atoms with Crippen molar-refractivity contribution in [3.63, 3.8) is 0 Å². The number of carbonyl (C=O) groups is 1. The van der Waals surface area contributed by atoms with Crippen LogP contribution in [0.3, 0.4) is 0 Å². The maximum absolute atomic E-state index is 11.7. The lowest BCUT2D eigenvalue weighted by atomic mass is 10.2. The number of para-hydroxylation sites is 1. The van der Waals surface area contributed by atoms with Gasteiger partial charge in [-0.15, -0.1) is 0 Å². The van der Waals surface area contributed by atoms with Crippen molar-refractivity contribution in [2.24, 2.45) is 0 Å². The Morgan fingerprint density at radius 2 is 1.95 bits per heavy atom. The number of aromatic hydroxyl groups is 2. The highest BCUT2D eigenvalue weighted by Crippen LogP contribution is 2.27. The van der Waals surface area contributed by atoms with Gasteiger partial charge in [0.15, 0.2) is 11.5 Å². The van der Waals surface area contributed by atoms with Crippen LogP contribution in [-0.4, -0.2) is 55.2 Å². The van der Waals surface area contributed by atoms with Crippen molar-refractivity contribution in [2.45, 2.75) is 0 Å². The van der Waals surface area contributed by atoms with Gasteiger partial charge in [0, 0.05) is 20.6 Å². The van der Waals surface area contributed by atoms with Crippen LogP contribution >= 0.6 is 0 Å². The first-order chi connectivity index (χ1) is 8.75. The summed E-state index contributed by atoms with van der Waals surface area (Å²) in [5.74, 6) is -1.84. The smallest absolute Gasteiger partial charge is 0.255 e. The molecule has 0 atom stereocenters. The van der Waals surface area contributed by atoms with Crippen molar-refractivity contribution in [3.8, 4) is 11.5 Å². The number of nitrogens with one attached hydrogen (secondary N) is 1. The van der Waals surface area contributed by atoms with Gasteiger partial charge in [-0.3, -0.25) is 4.79 Å². The third-order valence-electron chi connectivity index (χ3n) is 2.46. The summed E-state index contributed by atoms with van der Waals surface area (Å²) in [6, 6.07) is 3.97. The number of benzene rings is 1. The molecule has 0 saturated carbocycles. The average Bonchev–Trinajstić information content (AvgIpc) is 2.32. The van der Waals surface area contributed by atoms with Gasteiger partial charge in [-0.2, -0.15) is 0 Å². The van der Waals surface area contributed by atoms with Crippen LogP contribution in [0, 0.1) is 0 Å². The van der Waals surface area contributed by atoms with Gasteiger partial charge >= 0.3 is 0 Å². The number of phenolic OH excluding ortho intramolecular Hbond substituents is 2. The molecule has 1 aromatic rings. The molecule has 0 aromatic heterocycles. The summed E-state index contributed by atoms with van der Waals surface area (Å²) >= 11 is 0. The van der Waals surface area contributed by atoms with Crippen LogP contribution in [0.15, 0.2) is 18.2 Å². The van der Waals surface area contributed by atoms with Crippen molar-refractivity contribution in [1.82, 2.24) is 9.62 Å². The summed E-state index contributed by atoms with van der Waals surface area (Å²) in [5, 5.41) is 21.1. The van der Waals surface area contributed by atoms with Crippen LogP contribution in [0.25, 0.3) is 0 Å². The Morgan fingerprint density at radius 1 is 1.32 bits per heavy atom. The van der Waals surface area contributed by atoms with Gasteiger partial charge in [-0.25, -0.2) is 12.7 Å². The molecule has 1 amide bonds. The van der Waals surface area contributed by atoms with E-state index >= 15 is 0 Å². The van der Waals surface area contributed by atoms with Crippen LogP contribution in [0.1, 0.15) is 10.4 Å². The highest BCUT2D eigenvalue weighted by atomic mass is 32.2. The number of rotatable bonds is 5. The molecule has 7 nitrogen and oxygen atoms in total. The Hall–Kier alpha value is -1.80. The third-order valence-corrected chi connectivity index (χ3v) is 4.29. The molecule has 3 N–H and O–H groups in total. The van der Waals surface area contributed by atoms with Crippen LogP contribution in [0.4, 0.5) is 0 Å². The normalized spacial score (nSPS) is 11.5. The lowest BCUT2D eigenvalue weighted by Gasteiger charge is -2.12. The predicted octanol–water partition coefficient (Wildman–Crippen LogP) is -0.281. The van der Waals surface area contributed by atoms with E-state index in [0.717, 1.165) is 4.31 Å². The lowest BCUT2D eigenvalue weighted by Crippen LogP contribution is -2.33. The molecular weight excluding hydrogens is 272 g/mol. The van der Waals surface area contributed by atoms with E-state index in [1.54, 1.807) is 0 Å². The molecule has 0 aliphatic carbocycles. The second-order valence-corrected chi connectivity index (χ2v) is 6.33. The maximum Gasteiger partial charge on any atom is 0.255 e. The Bertz CT molecular complexity index is 568. The van der Waals surface area contributed by atoms with Crippen LogP contribution in [0.2, 0.25) is 0 Å². The van der Waals surface area contributed by atoms with E-state index in [1.807, 2.05) is 0 Å². The molecule has 19 heavy (non-hydrogen) atoms. The molecule has 0 saturated heterocycles. The van der Waals surface area contributed by atoms with Gasteiger partial charge in [0.2, 0.25) is 10.0 Å². The third kappa shape index (κ3) is 3.83.